The van der Waals surface area contributed by atoms with Crippen molar-refractivity contribution in [3.05, 3.63) is 0 Å². The second kappa shape index (κ2) is 2.47. The van der Waals surface area contributed by atoms with Gasteiger partial charge in [-0.3, -0.25) is 10.7 Å². The van der Waals surface area contributed by atoms with Gasteiger partial charge in [0, 0.05) is 6.54 Å². The Balaban J connectivity index is 2.16. The molecule has 4 nitrogen and oxygen atoms in total. The lowest BCUT2D eigenvalue weighted by Gasteiger charge is -2.19. The van der Waals surface area contributed by atoms with E-state index in [1.54, 1.807) is 4.90 Å². The van der Waals surface area contributed by atoms with Crippen molar-refractivity contribution in [3.8, 4) is 0 Å². The van der Waals surface area contributed by atoms with Crippen LogP contribution in [-0.2, 0) is 0 Å². The lowest BCUT2D eigenvalue weighted by molar-refractivity contribution is 0.204. The Morgan fingerprint density at radius 1 is 1.67 bits per heavy atom. The first-order chi connectivity index (χ1) is 5.74. The summed E-state index contributed by atoms with van der Waals surface area (Å²) in [5.74, 6) is 0.945. The molecule has 1 atom stereocenters. The van der Waals surface area contributed by atoms with Crippen molar-refractivity contribution in [1.82, 2.24) is 10.2 Å². The van der Waals surface area contributed by atoms with E-state index >= 15 is 0 Å². The number of carbonyl (C=O) groups excluding carboxylic acids is 1. The quantitative estimate of drug-likeness (QED) is 0.627. The van der Waals surface area contributed by atoms with Gasteiger partial charge in [0.1, 0.15) is 5.84 Å². The molecule has 2 aliphatic rings. The number of amidine groups is 1. The predicted molar refractivity (Wildman–Crippen MR) is 45.2 cm³/mol. The minimum Gasteiger partial charge on any atom is -0.314 e. The van der Waals surface area contributed by atoms with Crippen molar-refractivity contribution >= 4 is 11.9 Å². The summed E-state index contributed by atoms with van der Waals surface area (Å²) in [5.41, 5.74) is 0. The summed E-state index contributed by atoms with van der Waals surface area (Å²) in [6.07, 6.45) is 2.33. The molecule has 1 unspecified atom stereocenters. The Morgan fingerprint density at radius 2 is 2.33 bits per heavy atom. The molecule has 1 heterocycles. The summed E-state index contributed by atoms with van der Waals surface area (Å²) in [5, 5.41) is 10.1. The lowest BCUT2D eigenvalue weighted by atomic mass is 10.1. The van der Waals surface area contributed by atoms with E-state index < -0.39 is 0 Å². The molecule has 66 valence electrons. The number of hydrogen-bond acceptors (Lipinski definition) is 2. The van der Waals surface area contributed by atoms with Crippen molar-refractivity contribution in [3.63, 3.8) is 0 Å². The monoisotopic (exact) mass is 167 g/mol. The summed E-state index contributed by atoms with van der Waals surface area (Å²) in [7, 11) is 0. The van der Waals surface area contributed by atoms with Gasteiger partial charge < -0.3 is 4.90 Å². The van der Waals surface area contributed by atoms with E-state index in [1.165, 1.54) is 12.8 Å². The van der Waals surface area contributed by atoms with Crippen LogP contribution in [-0.4, -0.2) is 29.4 Å². The molecule has 0 spiro atoms. The standard InChI is InChI=1S/C8H13N3O/c1-2-11-6(5-3-4-5)7(9)10-8(11)12/h5-6H,2-4H2,1H3,(H2,9,10,12). The maximum atomic E-state index is 11.2. The van der Waals surface area contributed by atoms with Gasteiger partial charge in [-0.05, 0) is 25.7 Å². The molecule has 0 aromatic heterocycles. The van der Waals surface area contributed by atoms with Crippen molar-refractivity contribution < 1.29 is 4.79 Å². The molecule has 4 heteroatoms. The van der Waals surface area contributed by atoms with E-state index in [0.717, 1.165) is 0 Å². The molecule has 1 saturated heterocycles. The fourth-order valence-electron chi connectivity index (χ4n) is 1.79. The molecule has 12 heavy (non-hydrogen) atoms. The molecule has 2 rings (SSSR count). The van der Waals surface area contributed by atoms with Crippen molar-refractivity contribution in [2.24, 2.45) is 5.92 Å². The molecule has 2 fully saturated rings. The van der Waals surface area contributed by atoms with Crippen LogP contribution in [0.4, 0.5) is 4.79 Å². The molecule has 0 aromatic carbocycles. The fourth-order valence-corrected chi connectivity index (χ4v) is 1.79. The Hall–Kier alpha value is -1.06. The van der Waals surface area contributed by atoms with E-state index in [1.807, 2.05) is 6.92 Å². The van der Waals surface area contributed by atoms with Crippen LogP contribution in [0.15, 0.2) is 0 Å². The number of urea groups is 1. The molecule has 1 saturated carbocycles. The largest absolute Gasteiger partial charge is 0.323 e. The summed E-state index contributed by atoms with van der Waals surface area (Å²) in [4.78, 5) is 13.0. The van der Waals surface area contributed by atoms with Crippen LogP contribution in [0.5, 0.6) is 0 Å². The average Bonchev–Trinajstić information content (AvgIpc) is 2.78. The van der Waals surface area contributed by atoms with E-state index in [2.05, 4.69) is 5.32 Å². The summed E-state index contributed by atoms with van der Waals surface area (Å²) in [6, 6.07) is -0.0399. The van der Waals surface area contributed by atoms with Gasteiger partial charge in [-0.2, -0.15) is 0 Å². The highest BCUT2D eigenvalue weighted by Crippen LogP contribution is 2.37. The van der Waals surface area contributed by atoms with Crippen molar-refractivity contribution in [2.45, 2.75) is 25.8 Å². The number of likely N-dealkylation sites (N-methyl/N-ethyl adjacent to an activating group) is 1. The fraction of sp³-hybridized carbons (Fsp3) is 0.750. The smallest absolute Gasteiger partial charge is 0.314 e. The first kappa shape index (κ1) is 7.58. The van der Waals surface area contributed by atoms with Gasteiger partial charge in [-0.25, -0.2) is 4.79 Å². The van der Waals surface area contributed by atoms with Gasteiger partial charge in [0.05, 0.1) is 6.04 Å². The average molecular weight is 167 g/mol. The summed E-state index contributed by atoms with van der Waals surface area (Å²) in [6.45, 7) is 2.66. The number of amides is 2. The number of nitrogens with one attached hydrogen (secondary N) is 2. The molecule has 1 aliphatic carbocycles. The SMILES string of the molecule is CCN1C(=O)NC(=N)C1C1CC1. The molecule has 0 bridgehead atoms. The predicted octanol–water partition coefficient (Wildman–Crippen LogP) is 0.787. The van der Waals surface area contributed by atoms with Crippen molar-refractivity contribution in [1.29, 1.82) is 5.41 Å². The Labute approximate surface area is 71.4 Å². The van der Waals surface area contributed by atoms with E-state index in [-0.39, 0.29) is 12.1 Å². The van der Waals surface area contributed by atoms with Gasteiger partial charge in [-0.15, -0.1) is 0 Å². The molecule has 0 aromatic rings. The Bertz CT molecular complexity index is 234. The maximum absolute atomic E-state index is 11.2. The van der Waals surface area contributed by atoms with Crippen LogP contribution < -0.4 is 5.32 Å². The minimum absolute atomic E-state index is 0.0579. The number of rotatable bonds is 2. The van der Waals surface area contributed by atoms with Crippen molar-refractivity contribution in [2.75, 3.05) is 6.54 Å². The summed E-state index contributed by atoms with van der Waals surface area (Å²) >= 11 is 0. The number of carbonyl (C=O) groups is 1. The first-order valence-electron chi connectivity index (χ1n) is 4.40. The van der Waals surface area contributed by atoms with E-state index in [0.29, 0.717) is 18.3 Å². The number of hydrogen-bond donors (Lipinski definition) is 2. The molecule has 2 N–H and O–H groups in total. The maximum Gasteiger partial charge on any atom is 0.323 e. The minimum atomic E-state index is -0.0978. The molecule has 2 amide bonds. The van der Waals surface area contributed by atoms with Gasteiger partial charge in [0.15, 0.2) is 0 Å². The molecular weight excluding hydrogens is 154 g/mol. The first-order valence-corrected chi connectivity index (χ1v) is 4.40. The van der Waals surface area contributed by atoms with Gasteiger partial charge in [-0.1, -0.05) is 0 Å². The zero-order chi connectivity index (χ0) is 8.72. The lowest BCUT2D eigenvalue weighted by Crippen LogP contribution is -2.36. The van der Waals surface area contributed by atoms with E-state index in [4.69, 9.17) is 5.41 Å². The topological polar surface area (TPSA) is 56.2 Å². The van der Waals surface area contributed by atoms with Crippen LogP contribution in [0.3, 0.4) is 0 Å². The third-order valence-corrected chi connectivity index (χ3v) is 2.54. The second-order valence-corrected chi connectivity index (χ2v) is 3.41. The Morgan fingerprint density at radius 3 is 2.83 bits per heavy atom. The molecule has 0 radical (unpaired) electrons. The van der Waals surface area contributed by atoms with Gasteiger partial charge >= 0.3 is 6.03 Å². The van der Waals surface area contributed by atoms with Crippen LogP contribution in [0, 0.1) is 11.3 Å². The number of nitrogens with zero attached hydrogens (tertiary/aromatic N) is 1. The molecular formula is C8H13N3O. The second-order valence-electron chi connectivity index (χ2n) is 3.41. The highest BCUT2D eigenvalue weighted by atomic mass is 16.2. The zero-order valence-corrected chi connectivity index (χ0v) is 7.13. The molecule has 1 aliphatic heterocycles. The van der Waals surface area contributed by atoms with Crippen LogP contribution >= 0.6 is 0 Å². The summed E-state index contributed by atoms with van der Waals surface area (Å²) < 4.78 is 0. The van der Waals surface area contributed by atoms with Crippen LogP contribution in [0.1, 0.15) is 19.8 Å². The third kappa shape index (κ3) is 0.983. The van der Waals surface area contributed by atoms with Gasteiger partial charge in [0.25, 0.3) is 0 Å². The Kier molecular flexibility index (Phi) is 1.56. The zero-order valence-electron chi connectivity index (χ0n) is 7.13. The highest BCUT2D eigenvalue weighted by molar-refractivity contribution is 6.05. The third-order valence-electron chi connectivity index (χ3n) is 2.54. The van der Waals surface area contributed by atoms with Crippen LogP contribution in [0.2, 0.25) is 0 Å². The van der Waals surface area contributed by atoms with Crippen LogP contribution in [0.25, 0.3) is 0 Å². The highest BCUT2D eigenvalue weighted by Gasteiger charge is 2.44. The van der Waals surface area contributed by atoms with Gasteiger partial charge in [0.2, 0.25) is 0 Å². The normalized spacial score (nSPS) is 29.4. The van der Waals surface area contributed by atoms with E-state index in [9.17, 15) is 4.79 Å².